The van der Waals surface area contributed by atoms with E-state index in [0.717, 1.165) is 48.0 Å². The van der Waals surface area contributed by atoms with E-state index in [2.05, 4.69) is 21.5 Å². The molecule has 0 saturated heterocycles. The van der Waals surface area contributed by atoms with Crippen molar-refractivity contribution in [2.45, 2.75) is 40.2 Å². The average Bonchev–Trinajstić information content (AvgIpc) is 2.64. The molecule has 2 aromatic rings. The number of pyridine rings is 1. The van der Waals surface area contributed by atoms with E-state index >= 15 is 0 Å². The van der Waals surface area contributed by atoms with Gasteiger partial charge >= 0.3 is 0 Å². The molecular formula is C14H20N4. The number of hydrogen-bond acceptors (Lipinski definition) is 3. The van der Waals surface area contributed by atoms with Crippen molar-refractivity contribution >= 4 is 5.82 Å². The fraction of sp³-hybridized carbons (Fsp3) is 0.429. The summed E-state index contributed by atoms with van der Waals surface area (Å²) >= 11 is 0. The van der Waals surface area contributed by atoms with Crippen LogP contribution in [0.25, 0.3) is 11.3 Å². The maximum atomic E-state index is 6.19. The largest absolute Gasteiger partial charge is 0.383 e. The van der Waals surface area contributed by atoms with Crippen LogP contribution in [0.3, 0.4) is 0 Å². The lowest BCUT2D eigenvalue weighted by Gasteiger charge is -2.06. The van der Waals surface area contributed by atoms with Crippen LogP contribution in [0, 0.1) is 13.8 Å². The van der Waals surface area contributed by atoms with Crippen LogP contribution in [-0.4, -0.2) is 14.5 Å². The Balaban J connectivity index is 2.37. The molecule has 2 heterocycles. The summed E-state index contributed by atoms with van der Waals surface area (Å²) in [5.74, 6) is 1.71. The predicted octanol–water partition coefficient (Wildman–Crippen LogP) is 2.94. The van der Waals surface area contributed by atoms with Crippen LogP contribution in [0.5, 0.6) is 0 Å². The Morgan fingerprint density at radius 3 is 2.67 bits per heavy atom. The Bertz CT molecular complexity index is 525. The van der Waals surface area contributed by atoms with Gasteiger partial charge in [-0.15, -0.1) is 0 Å². The van der Waals surface area contributed by atoms with Gasteiger partial charge in [0.25, 0.3) is 0 Å². The Morgan fingerprint density at radius 1 is 1.28 bits per heavy atom. The standard InChI is InChI=1S/C14H20N4/c1-4-5-8-18-11(3)17-13(14(18)15)12-7-6-10(2)16-9-12/h6-7,9H,4-5,8,15H2,1-3H3. The van der Waals surface area contributed by atoms with Crippen LogP contribution in [0.1, 0.15) is 31.3 Å². The summed E-state index contributed by atoms with van der Waals surface area (Å²) in [5.41, 5.74) is 9.01. The molecule has 2 aromatic heterocycles. The van der Waals surface area contributed by atoms with Crippen molar-refractivity contribution in [3.05, 3.63) is 29.8 Å². The molecule has 0 amide bonds. The molecule has 0 aliphatic heterocycles. The Hall–Kier alpha value is -1.84. The quantitative estimate of drug-likeness (QED) is 0.899. The summed E-state index contributed by atoms with van der Waals surface area (Å²) in [6, 6.07) is 4.00. The predicted molar refractivity (Wildman–Crippen MR) is 74.3 cm³/mol. The van der Waals surface area contributed by atoms with Gasteiger partial charge in [0.05, 0.1) is 0 Å². The molecule has 0 aliphatic rings. The topological polar surface area (TPSA) is 56.7 Å². The molecule has 2 rings (SSSR count). The molecule has 96 valence electrons. The summed E-state index contributed by atoms with van der Waals surface area (Å²) in [6.07, 6.45) is 4.10. The molecule has 0 aromatic carbocycles. The normalized spacial score (nSPS) is 10.8. The van der Waals surface area contributed by atoms with Crippen molar-refractivity contribution in [3.63, 3.8) is 0 Å². The number of anilines is 1. The molecule has 4 nitrogen and oxygen atoms in total. The molecule has 0 atom stereocenters. The number of unbranched alkanes of at least 4 members (excludes halogenated alkanes) is 1. The van der Waals surface area contributed by atoms with E-state index < -0.39 is 0 Å². The molecular weight excluding hydrogens is 224 g/mol. The van der Waals surface area contributed by atoms with Crippen LogP contribution in [0.4, 0.5) is 5.82 Å². The zero-order valence-corrected chi connectivity index (χ0v) is 11.3. The molecule has 18 heavy (non-hydrogen) atoms. The van der Waals surface area contributed by atoms with Crippen molar-refractivity contribution in [3.8, 4) is 11.3 Å². The summed E-state index contributed by atoms with van der Waals surface area (Å²) in [7, 11) is 0. The van der Waals surface area contributed by atoms with Gasteiger partial charge in [-0.3, -0.25) is 4.98 Å². The van der Waals surface area contributed by atoms with Gasteiger partial charge in [-0.1, -0.05) is 13.3 Å². The molecule has 0 bridgehead atoms. The van der Waals surface area contributed by atoms with Gasteiger partial charge in [-0.25, -0.2) is 4.98 Å². The summed E-state index contributed by atoms with van der Waals surface area (Å²) in [6.45, 7) is 7.07. The highest BCUT2D eigenvalue weighted by Gasteiger charge is 2.13. The molecule has 0 fully saturated rings. The van der Waals surface area contributed by atoms with Crippen LogP contribution in [-0.2, 0) is 6.54 Å². The van der Waals surface area contributed by atoms with Crippen LogP contribution >= 0.6 is 0 Å². The van der Waals surface area contributed by atoms with Crippen molar-refractivity contribution in [2.75, 3.05) is 5.73 Å². The third-order valence-corrected chi connectivity index (χ3v) is 3.12. The maximum absolute atomic E-state index is 6.19. The van der Waals surface area contributed by atoms with Crippen molar-refractivity contribution in [1.29, 1.82) is 0 Å². The number of nitrogens with zero attached hydrogens (tertiary/aromatic N) is 3. The summed E-state index contributed by atoms with van der Waals surface area (Å²) in [4.78, 5) is 8.85. The molecule has 4 heteroatoms. The number of hydrogen-bond donors (Lipinski definition) is 1. The van der Waals surface area contributed by atoms with Crippen molar-refractivity contribution < 1.29 is 0 Å². The second-order valence-corrected chi connectivity index (χ2v) is 4.59. The Morgan fingerprint density at radius 2 is 2.06 bits per heavy atom. The van der Waals surface area contributed by atoms with E-state index in [9.17, 15) is 0 Å². The lowest BCUT2D eigenvalue weighted by molar-refractivity contribution is 0.622. The molecule has 0 saturated carbocycles. The highest BCUT2D eigenvalue weighted by molar-refractivity contribution is 5.70. The third kappa shape index (κ3) is 2.37. The molecule has 0 unspecified atom stereocenters. The fourth-order valence-electron chi connectivity index (χ4n) is 2.00. The molecule has 2 N–H and O–H groups in total. The van der Waals surface area contributed by atoms with Gasteiger partial charge in [0.2, 0.25) is 0 Å². The van der Waals surface area contributed by atoms with Gasteiger partial charge in [-0.2, -0.15) is 0 Å². The fourth-order valence-corrected chi connectivity index (χ4v) is 2.00. The Kier molecular flexibility index (Phi) is 3.65. The van der Waals surface area contributed by atoms with Gasteiger partial charge in [0.15, 0.2) is 0 Å². The average molecular weight is 244 g/mol. The van der Waals surface area contributed by atoms with E-state index in [1.54, 1.807) is 0 Å². The molecule has 0 radical (unpaired) electrons. The Labute approximate surface area is 108 Å². The van der Waals surface area contributed by atoms with Gasteiger partial charge < -0.3 is 10.3 Å². The molecule has 0 spiro atoms. The molecule has 0 aliphatic carbocycles. The summed E-state index contributed by atoms with van der Waals surface area (Å²) in [5, 5.41) is 0. The number of rotatable bonds is 4. The SMILES string of the molecule is CCCCn1c(C)nc(-c2ccc(C)nc2)c1N. The number of nitrogen functional groups attached to an aromatic ring is 1. The maximum Gasteiger partial charge on any atom is 0.131 e. The lowest BCUT2D eigenvalue weighted by atomic mass is 10.2. The first-order chi connectivity index (χ1) is 8.63. The second kappa shape index (κ2) is 5.21. The van der Waals surface area contributed by atoms with Gasteiger partial charge in [0.1, 0.15) is 17.3 Å². The third-order valence-electron chi connectivity index (χ3n) is 3.12. The van der Waals surface area contributed by atoms with Crippen molar-refractivity contribution in [1.82, 2.24) is 14.5 Å². The zero-order valence-electron chi connectivity index (χ0n) is 11.3. The minimum atomic E-state index is 0.742. The lowest BCUT2D eigenvalue weighted by Crippen LogP contribution is -2.04. The van der Waals surface area contributed by atoms with Crippen molar-refractivity contribution in [2.24, 2.45) is 0 Å². The van der Waals surface area contributed by atoms with E-state index in [0.29, 0.717) is 0 Å². The number of aryl methyl sites for hydroxylation is 2. The first-order valence-electron chi connectivity index (χ1n) is 6.39. The highest BCUT2D eigenvalue weighted by Crippen LogP contribution is 2.26. The van der Waals surface area contributed by atoms with Gasteiger partial charge in [-0.05, 0) is 32.4 Å². The van der Waals surface area contributed by atoms with Gasteiger partial charge in [0, 0.05) is 24.0 Å². The minimum absolute atomic E-state index is 0.742. The van der Waals surface area contributed by atoms with E-state index in [-0.39, 0.29) is 0 Å². The highest BCUT2D eigenvalue weighted by atomic mass is 15.1. The number of aromatic nitrogens is 3. The van der Waals surface area contributed by atoms with Crippen LogP contribution in [0.15, 0.2) is 18.3 Å². The number of imidazole rings is 1. The zero-order chi connectivity index (χ0) is 13.1. The van der Waals surface area contributed by atoms with E-state index in [1.807, 2.05) is 32.2 Å². The van der Waals surface area contributed by atoms with E-state index in [1.165, 1.54) is 0 Å². The summed E-state index contributed by atoms with van der Waals surface area (Å²) < 4.78 is 2.08. The monoisotopic (exact) mass is 244 g/mol. The smallest absolute Gasteiger partial charge is 0.131 e. The number of nitrogens with two attached hydrogens (primary N) is 1. The minimum Gasteiger partial charge on any atom is -0.383 e. The second-order valence-electron chi connectivity index (χ2n) is 4.59. The first-order valence-corrected chi connectivity index (χ1v) is 6.39. The van der Waals surface area contributed by atoms with Crippen LogP contribution in [0.2, 0.25) is 0 Å². The van der Waals surface area contributed by atoms with Crippen LogP contribution < -0.4 is 5.73 Å². The van der Waals surface area contributed by atoms with E-state index in [4.69, 9.17) is 5.73 Å². The first kappa shape index (κ1) is 12.6.